The van der Waals surface area contributed by atoms with E-state index in [4.69, 9.17) is 9.72 Å². The number of nitrogens with zero attached hydrogens (tertiary/aromatic N) is 4. The number of morpholine rings is 1. The van der Waals surface area contributed by atoms with Gasteiger partial charge in [0.25, 0.3) is 0 Å². The lowest BCUT2D eigenvalue weighted by Crippen LogP contribution is -2.37. The zero-order valence-corrected chi connectivity index (χ0v) is 12.0. The lowest BCUT2D eigenvalue weighted by Gasteiger charge is -2.28. The molecule has 1 aliphatic rings. The van der Waals surface area contributed by atoms with Crippen molar-refractivity contribution in [2.45, 2.75) is 0 Å². The van der Waals surface area contributed by atoms with Crippen LogP contribution in [0.25, 0.3) is 16.9 Å². The third-order valence-electron chi connectivity index (χ3n) is 3.85. The van der Waals surface area contributed by atoms with Crippen LogP contribution >= 0.6 is 0 Å². The molecule has 6 nitrogen and oxygen atoms in total. The van der Waals surface area contributed by atoms with E-state index in [1.807, 2.05) is 28.9 Å². The van der Waals surface area contributed by atoms with Crippen LogP contribution in [0.5, 0.6) is 5.75 Å². The third kappa shape index (κ3) is 2.17. The fraction of sp³-hybridized carbons (Fsp3) is 0.250. The molecule has 0 atom stereocenters. The summed E-state index contributed by atoms with van der Waals surface area (Å²) in [6.45, 7) is 2.96. The molecule has 1 aromatic carbocycles. The molecule has 1 N–H and O–H groups in total. The molecule has 2 aromatic heterocycles. The summed E-state index contributed by atoms with van der Waals surface area (Å²) >= 11 is 0. The van der Waals surface area contributed by atoms with E-state index >= 15 is 0 Å². The molecule has 0 spiro atoms. The second kappa shape index (κ2) is 5.31. The van der Waals surface area contributed by atoms with Gasteiger partial charge in [-0.15, -0.1) is 0 Å². The van der Waals surface area contributed by atoms with Gasteiger partial charge in [0.15, 0.2) is 11.5 Å². The van der Waals surface area contributed by atoms with Gasteiger partial charge >= 0.3 is 0 Å². The van der Waals surface area contributed by atoms with Crippen LogP contribution in [0.2, 0.25) is 0 Å². The molecule has 0 saturated carbocycles. The normalized spacial score (nSPS) is 15.4. The molecule has 0 unspecified atom stereocenters. The number of phenols is 1. The predicted octanol–water partition coefficient (Wildman–Crippen LogP) is 1.94. The number of fused-ring (bicyclic) bond motifs is 1. The maximum absolute atomic E-state index is 10.1. The van der Waals surface area contributed by atoms with Crippen LogP contribution in [0.4, 0.5) is 5.82 Å². The maximum atomic E-state index is 10.1. The first-order valence-corrected chi connectivity index (χ1v) is 7.28. The average molecular weight is 296 g/mol. The largest absolute Gasteiger partial charge is 0.507 e. The molecule has 6 heteroatoms. The molecule has 1 saturated heterocycles. The van der Waals surface area contributed by atoms with Gasteiger partial charge < -0.3 is 19.1 Å². The summed E-state index contributed by atoms with van der Waals surface area (Å²) < 4.78 is 7.36. The van der Waals surface area contributed by atoms with Crippen LogP contribution in [0, 0.1) is 0 Å². The number of anilines is 1. The number of para-hydroxylation sites is 1. The first-order chi connectivity index (χ1) is 10.8. The molecule has 0 bridgehead atoms. The second-order valence-corrected chi connectivity index (χ2v) is 5.22. The van der Waals surface area contributed by atoms with Crippen molar-refractivity contribution >= 4 is 11.5 Å². The number of hydrogen-bond donors (Lipinski definition) is 1. The van der Waals surface area contributed by atoms with Crippen molar-refractivity contribution in [2.24, 2.45) is 0 Å². The minimum absolute atomic E-state index is 0.224. The number of hydrogen-bond acceptors (Lipinski definition) is 5. The monoisotopic (exact) mass is 296 g/mol. The number of aromatic hydroxyl groups is 1. The van der Waals surface area contributed by atoms with Crippen LogP contribution < -0.4 is 4.90 Å². The van der Waals surface area contributed by atoms with Gasteiger partial charge in [0.05, 0.1) is 18.9 Å². The summed E-state index contributed by atoms with van der Waals surface area (Å²) in [6.07, 6.45) is 5.54. The number of benzene rings is 1. The highest BCUT2D eigenvalue weighted by atomic mass is 16.5. The fourth-order valence-electron chi connectivity index (χ4n) is 2.72. The van der Waals surface area contributed by atoms with Crippen LogP contribution in [-0.4, -0.2) is 45.8 Å². The highest BCUT2D eigenvalue weighted by Crippen LogP contribution is 2.30. The van der Waals surface area contributed by atoms with Crippen LogP contribution in [0.1, 0.15) is 0 Å². The van der Waals surface area contributed by atoms with E-state index in [0.717, 1.165) is 30.2 Å². The summed E-state index contributed by atoms with van der Waals surface area (Å²) in [4.78, 5) is 11.3. The summed E-state index contributed by atoms with van der Waals surface area (Å²) in [5.74, 6) is 1.05. The highest BCUT2D eigenvalue weighted by Gasteiger charge is 2.18. The van der Waals surface area contributed by atoms with Crippen molar-refractivity contribution in [3.8, 4) is 17.0 Å². The fourth-order valence-corrected chi connectivity index (χ4v) is 2.72. The van der Waals surface area contributed by atoms with Gasteiger partial charge in [-0.3, -0.25) is 0 Å². The number of imidazole rings is 1. The van der Waals surface area contributed by atoms with Crippen molar-refractivity contribution in [1.82, 2.24) is 14.4 Å². The van der Waals surface area contributed by atoms with Crippen molar-refractivity contribution < 1.29 is 9.84 Å². The molecule has 0 radical (unpaired) electrons. The Morgan fingerprint density at radius 1 is 1.14 bits per heavy atom. The predicted molar refractivity (Wildman–Crippen MR) is 83.1 cm³/mol. The van der Waals surface area contributed by atoms with Crippen LogP contribution in [-0.2, 0) is 4.74 Å². The summed E-state index contributed by atoms with van der Waals surface area (Å²) in [7, 11) is 0. The van der Waals surface area contributed by atoms with E-state index in [0.29, 0.717) is 18.8 Å². The van der Waals surface area contributed by atoms with Crippen molar-refractivity contribution in [3.05, 3.63) is 42.9 Å². The summed E-state index contributed by atoms with van der Waals surface area (Å²) in [5, 5.41) is 10.1. The molecule has 22 heavy (non-hydrogen) atoms. The Balaban J connectivity index is 1.88. The first-order valence-electron chi connectivity index (χ1n) is 7.28. The molecule has 3 aromatic rings. The number of rotatable bonds is 2. The second-order valence-electron chi connectivity index (χ2n) is 5.22. The van der Waals surface area contributed by atoms with Crippen LogP contribution in [0.15, 0.2) is 42.9 Å². The van der Waals surface area contributed by atoms with Crippen molar-refractivity contribution in [3.63, 3.8) is 0 Å². The number of ether oxygens (including phenoxy) is 1. The van der Waals surface area contributed by atoms with Crippen molar-refractivity contribution in [1.29, 1.82) is 0 Å². The molecule has 0 aliphatic carbocycles. The standard InChI is InChI=1S/C16H16N4O2/c21-14-4-2-1-3-12(14)13-11-20-6-5-17-15(20)16(18-13)19-7-9-22-10-8-19/h1-6,11,21H,7-10H2. The molecule has 3 heterocycles. The third-order valence-corrected chi connectivity index (χ3v) is 3.85. The number of aromatic nitrogens is 3. The quantitative estimate of drug-likeness (QED) is 0.783. The minimum atomic E-state index is 0.224. The summed E-state index contributed by atoms with van der Waals surface area (Å²) in [5.41, 5.74) is 2.26. The van der Waals surface area contributed by atoms with Gasteiger partial charge in [-0.1, -0.05) is 12.1 Å². The molecule has 112 valence electrons. The smallest absolute Gasteiger partial charge is 0.180 e. The zero-order chi connectivity index (χ0) is 14.9. The van der Waals surface area contributed by atoms with Gasteiger partial charge in [-0.2, -0.15) is 0 Å². The molecule has 0 amide bonds. The Morgan fingerprint density at radius 3 is 2.77 bits per heavy atom. The Hall–Kier alpha value is -2.60. The Labute approximate surface area is 127 Å². The lowest BCUT2D eigenvalue weighted by atomic mass is 10.1. The Morgan fingerprint density at radius 2 is 1.95 bits per heavy atom. The van der Waals surface area contributed by atoms with E-state index in [1.165, 1.54) is 0 Å². The number of phenolic OH excluding ortho intramolecular Hbond substituents is 1. The van der Waals surface area contributed by atoms with E-state index < -0.39 is 0 Å². The topological polar surface area (TPSA) is 62.9 Å². The lowest BCUT2D eigenvalue weighted by molar-refractivity contribution is 0.122. The van der Waals surface area contributed by atoms with Crippen LogP contribution in [0.3, 0.4) is 0 Å². The molecule has 1 fully saturated rings. The van der Waals surface area contributed by atoms with E-state index in [2.05, 4.69) is 9.88 Å². The van der Waals surface area contributed by atoms with E-state index in [1.54, 1.807) is 18.3 Å². The minimum Gasteiger partial charge on any atom is -0.507 e. The first kappa shape index (κ1) is 13.1. The SMILES string of the molecule is Oc1ccccc1-c1cn2ccnc2c(N2CCOCC2)n1. The highest BCUT2D eigenvalue weighted by molar-refractivity contribution is 5.73. The molecule has 4 rings (SSSR count). The maximum Gasteiger partial charge on any atom is 0.180 e. The summed E-state index contributed by atoms with van der Waals surface area (Å²) in [6, 6.07) is 7.23. The Bertz CT molecular complexity index is 809. The molecular weight excluding hydrogens is 280 g/mol. The van der Waals surface area contributed by atoms with Gasteiger partial charge in [0, 0.05) is 37.2 Å². The van der Waals surface area contributed by atoms with Gasteiger partial charge in [0.2, 0.25) is 0 Å². The molecular formula is C16H16N4O2. The van der Waals surface area contributed by atoms with Gasteiger partial charge in [0.1, 0.15) is 5.75 Å². The van der Waals surface area contributed by atoms with E-state index in [-0.39, 0.29) is 5.75 Å². The van der Waals surface area contributed by atoms with Crippen molar-refractivity contribution in [2.75, 3.05) is 31.2 Å². The van der Waals surface area contributed by atoms with E-state index in [9.17, 15) is 5.11 Å². The zero-order valence-electron chi connectivity index (χ0n) is 12.0. The average Bonchev–Trinajstić information content (AvgIpc) is 3.03. The Kier molecular flexibility index (Phi) is 3.16. The van der Waals surface area contributed by atoms with Gasteiger partial charge in [-0.05, 0) is 12.1 Å². The molecule has 1 aliphatic heterocycles. The van der Waals surface area contributed by atoms with Gasteiger partial charge in [-0.25, -0.2) is 9.97 Å².